The minimum Gasteiger partial charge on any atom is -0.366 e. The van der Waals surface area contributed by atoms with Gasteiger partial charge in [0.25, 0.3) is 11.8 Å². The maximum atomic E-state index is 11.2. The molecule has 82 valence electrons. The third kappa shape index (κ3) is 3.30. The van der Waals surface area contributed by atoms with Crippen LogP contribution in [0.4, 0.5) is 0 Å². The molecule has 1 atom stereocenters. The van der Waals surface area contributed by atoms with Crippen molar-refractivity contribution in [2.24, 2.45) is 11.7 Å². The van der Waals surface area contributed by atoms with E-state index in [0.717, 1.165) is 25.7 Å². The zero-order valence-corrected chi connectivity index (χ0v) is 10.6. The van der Waals surface area contributed by atoms with Crippen molar-refractivity contribution in [1.82, 2.24) is 0 Å². The minimum absolute atomic E-state index is 0.176. The van der Waals surface area contributed by atoms with Crippen molar-refractivity contribution in [3.63, 3.8) is 0 Å². The van der Waals surface area contributed by atoms with Gasteiger partial charge < -0.3 is 5.73 Å². The highest BCUT2D eigenvalue weighted by Crippen LogP contribution is 2.70. The number of nitrogens with two attached hydrogens (primary N) is 1. The molecule has 3 N–H and O–H groups in total. The Balaban J connectivity index is 2.71. The van der Waals surface area contributed by atoms with E-state index >= 15 is 0 Å². The van der Waals surface area contributed by atoms with Crippen molar-refractivity contribution in [2.75, 3.05) is 0 Å². The van der Waals surface area contributed by atoms with Gasteiger partial charge in [-0.3, -0.25) is 4.79 Å². The summed E-state index contributed by atoms with van der Waals surface area (Å²) in [4.78, 5) is 21.0. The highest BCUT2D eigenvalue weighted by molar-refractivity contribution is 8.83. The molecule has 1 fully saturated rings. The molecule has 0 heterocycles. The minimum atomic E-state index is -2.74. The van der Waals surface area contributed by atoms with Gasteiger partial charge >= 0.3 is 0 Å². The summed E-state index contributed by atoms with van der Waals surface area (Å²) >= 11 is 8.06. The van der Waals surface area contributed by atoms with Crippen LogP contribution in [0.2, 0.25) is 0 Å². The highest BCUT2D eigenvalue weighted by atomic mass is 33.1. The van der Waals surface area contributed by atoms with E-state index in [2.05, 4.69) is 24.5 Å². The summed E-state index contributed by atoms with van der Waals surface area (Å²) in [6.45, 7) is 0. The molecule has 6 heteroatoms. The monoisotopic (exact) mass is 254 g/mol. The van der Waals surface area contributed by atoms with Gasteiger partial charge in [0.1, 0.15) is 0 Å². The molecule has 0 aliphatic heterocycles. The lowest BCUT2D eigenvalue weighted by Crippen LogP contribution is -2.36. The second-order valence-corrected chi connectivity index (χ2v) is 10.3. The van der Waals surface area contributed by atoms with Gasteiger partial charge in [-0.25, -0.2) is 4.89 Å². The first-order valence-electron chi connectivity index (χ1n) is 4.79. The Morgan fingerprint density at radius 1 is 1.36 bits per heavy atom. The van der Waals surface area contributed by atoms with Gasteiger partial charge in [0, 0.05) is 30.4 Å². The van der Waals surface area contributed by atoms with Crippen molar-refractivity contribution in [3.8, 4) is 0 Å². The average molecular weight is 254 g/mol. The van der Waals surface area contributed by atoms with Crippen LogP contribution < -0.4 is 5.73 Å². The molecule has 0 aromatic rings. The third-order valence-corrected chi connectivity index (χ3v) is 5.68. The van der Waals surface area contributed by atoms with Gasteiger partial charge in [0.05, 0.1) is 0 Å². The van der Waals surface area contributed by atoms with Crippen LogP contribution in [-0.2, 0) is 4.79 Å². The fraction of sp³-hybridized carbons (Fsp3) is 0.875. The Hall–Kier alpha value is 0.560. The van der Waals surface area contributed by atoms with Gasteiger partial charge in [-0.1, -0.05) is 19.3 Å². The van der Waals surface area contributed by atoms with Crippen LogP contribution in [0.25, 0.3) is 0 Å². The molecule has 1 saturated carbocycles. The number of hydrogen-bond acceptors (Lipinski definition) is 4. The summed E-state index contributed by atoms with van der Waals surface area (Å²) in [5, 5.41) is 0. The largest absolute Gasteiger partial charge is 0.366 e. The molecule has 0 saturated heterocycles. The van der Waals surface area contributed by atoms with Crippen molar-refractivity contribution < 1.29 is 9.69 Å². The molecule has 1 rings (SSSR count). The maximum absolute atomic E-state index is 11.2. The fourth-order valence-corrected chi connectivity index (χ4v) is 5.16. The molecule has 1 amide bonds. The molecule has 1 unspecified atom stereocenters. The van der Waals surface area contributed by atoms with E-state index in [1.165, 1.54) is 6.42 Å². The van der Waals surface area contributed by atoms with E-state index in [0.29, 0.717) is 0 Å². The van der Waals surface area contributed by atoms with E-state index in [4.69, 9.17) is 5.73 Å². The number of primary amides is 1. The standard InChI is InChI=1S/C8H16NO2PS2/c9-8(10)7(12(11,13)14)6-4-2-1-3-5-6/h6-7,11,13-14H,1-5H2,(H-,9,10)/p+1. The normalized spacial score (nSPS) is 21.9. The van der Waals surface area contributed by atoms with Crippen LogP contribution in [0.5, 0.6) is 0 Å². The van der Waals surface area contributed by atoms with Crippen molar-refractivity contribution in [2.45, 2.75) is 37.8 Å². The number of hydrogen-bond donors (Lipinski definition) is 4. The summed E-state index contributed by atoms with van der Waals surface area (Å²) in [7, 11) is 0. The lowest BCUT2D eigenvalue weighted by atomic mass is 9.86. The van der Waals surface area contributed by atoms with Crippen LogP contribution in [0, 0.1) is 5.92 Å². The molecule has 3 nitrogen and oxygen atoms in total. The Morgan fingerprint density at radius 2 is 1.86 bits per heavy atom. The quantitative estimate of drug-likeness (QED) is 0.460. The summed E-state index contributed by atoms with van der Waals surface area (Å²) in [6, 6.07) is 0. The molecule has 1 aliphatic rings. The SMILES string of the molecule is NC(=O)C(C1CCCCC1)[P+](O)(S)S. The predicted octanol–water partition coefficient (Wildman–Crippen LogP) is 2.04. The number of thiol groups is 2. The average Bonchev–Trinajstić information content (AvgIpc) is 2.02. The Labute approximate surface area is 95.6 Å². The van der Waals surface area contributed by atoms with Gasteiger partial charge in [0.15, 0.2) is 5.66 Å². The third-order valence-electron chi connectivity index (χ3n) is 2.76. The molecular weight excluding hydrogens is 237 g/mol. The fourth-order valence-electron chi connectivity index (χ4n) is 2.14. The smallest absolute Gasteiger partial charge is 0.264 e. The first-order chi connectivity index (χ1) is 6.43. The van der Waals surface area contributed by atoms with Crippen molar-refractivity contribution in [1.29, 1.82) is 0 Å². The Kier molecular flexibility index (Phi) is 4.56. The van der Waals surface area contributed by atoms with Gasteiger partial charge in [-0.15, -0.1) is 0 Å². The number of carbonyl (C=O) groups is 1. The van der Waals surface area contributed by atoms with Crippen molar-refractivity contribution >= 4 is 36.3 Å². The van der Waals surface area contributed by atoms with Crippen LogP contribution in [0.15, 0.2) is 0 Å². The summed E-state index contributed by atoms with van der Waals surface area (Å²) < 4.78 is 0. The zero-order valence-electron chi connectivity index (χ0n) is 7.96. The molecule has 0 aromatic carbocycles. The Bertz CT molecular complexity index is 214. The maximum Gasteiger partial charge on any atom is 0.264 e. The van der Waals surface area contributed by atoms with Crippen LogP contribution in [0.1, 0.15) is 32.1 Å². The number of amides is 1. The van der Waals surface area contributed by atoms with E-state index in [1.807, 2.05) is 0 Å². The zero-order chi connectivity index (χ0) is 10.8. The lowest BCUT2D eigenvalue weighted by molar-refractivity contribution is -0.118. The van der Waals surface area contributed by atoms with E-state index in [-0.39, 0.29) is 5.92 Å². The van der Waals surface area contributed by atoms with Crippen LogP contribution in [-0.4, -0.2) is 16.5 Å². The molecule has 0 aromatic heterocycles. The molecule has 1 aliphatic carbocycles. The Morgan fingerprint density at radius 3 is 2.21 bits per heavy atom. The molecule has 0 radical (unpaired) electrons. The molecule has 0 bridgehead atoms. The second kappa shape index (κ2) is 5.06. The summed E-state index contributed by atoms with van der Waals surface area (Å²) in [5.41, 5.74) is 4.74. The molecular formula is C8H17NO2PS2+. The van der Waals surface area contributed by atoms with Crippen LogP contribution >= 0.6 is 30.4 Å². The summed E-state index contributed by atoms with van der Waals surface area (Å²) in [6.07, 6.45) is 5.33. The van der Waals surface area contributed by atoms with Crippen LogP contribution in [0.3, 0.4) is 0 Å². The first-order valence-corrected chi connectivity index (χ1v) is 8.91. The van der Waals surface area contributed by atoms with E-state index in [1.54, 1.807) is 0 Å². The number of rotatable bonds is 3. The first kappa shape index (κ1) is 12.6. The second-order valence-electron chi connectivity index (χ2n) is 3.86. The van der Waals surface area contributed by atoms with Gasteiger partial charge in [-0.2, -0.15) is 0 Å². The highest BCUT2D eigenvalue weighted by Gasteiger charge is 2.48. The van der Waals surface area contributed by atoms with Crippen molar-refractivity contribution in [3.05, 3.63) is 0 Å². The van der Waals surface area contributed by atoms with E-state index < -0.39 is 17.5 Å². The molecule has 14 heavy (non-hydrogen) atoms. The van der Waals surface area contributed by atoms with E-state index in [9.17, 15) is 9.69 Å². The van der Waals surface area contributed by atoms with Gasteiger partial charge in [-0.05, 0) is 12.8 Å². The predicted molar refractivity (Wildman–Crippen MR) is 66.7 cm³/mol. The van der Waals surface area contributed by atoms with Gasteiger partial charge in [0.2, 0.25) is 0 Å². The number of carbonyl (C=O) groups excluding carboxylic acids is 1. The lowest BCUT2D eigenvalue weighted by Gasteiger charge is -2.28. The molecule has 0 spiro atoms. The topological polar surface area (TPSA) is 63.3 Å². The summed E-state index contributed by atoms with van der Waals surface area (Å²) in [5.74, 6) is -3.02.